The maximum atomic E-state index is 5.89. The number of fused-ring (bicyclic) bond motifs is 1. The second-order valence-corrected chi connectivity index (χ2v) is 4.00. The number of aryl methyl sites for hydroxylation is 1. The summed E-state index contributed by atoms with van der Waals surface area (Å²) in [5, 5.41) is 8.18. The van der Waals surface area contributed by atoms with E-state index in [9.17, 15) is 0 Å². The molecule has 17 heavy (non-hydrogen) atoms. The number of aromatic amines is 1. The molecule has 0 atom stereocenters. The second kappa shape index (κ2) is 3.59. The highest BCUT2D eigenvalue weighted by Gasteiger charge is 2.09. The minimum absolute atomic E-state index is 0.691. The predicted octanol–water partition coefficient (Wildman–Crippen LogP) is 2.52. The summed E-state index contributed by atoms with van der Waals surface area (Å²) < 4.78 is 0. The van der Waals surface area contributed by atoms with E-state index in [1.54, 1.807) is 0 Å². The summed E-state index contributed by atoms with van der Waals surface area (Å²) in [6.45, 7) is 1.88. The molecule has 0 aliphatic heterocycles. The van der Waals surface area contributed by atoms with E-state index in [4.69, 9.17) is 5.73 Å². The summed E-state index contributed by atoms with van der Waals surface area (Å²) in [5.74, 6) is 0. The van der Waals surface area contributed by atoms with Gasteiger partial charge < -0.3 is 5.73 Å². The van der Waals surface area contributed by atoms with E-state index in [-0.39, 0.29) is 0 Å². The topological polar surface area (TPSA) is 67.6 Å². The van der Waals surface area contributed by atoms with Gasteiger partial charge in [0.25, 0.3) is 0 Å². The molecule has 0 unspecified atom stereocenters. The molecule has 0 spiro atoms. The smallest absolute Gasteiger partial charge is 0.181 e. The number of hydrogen-bond acceptors (Lipinski definition) is 3. The van der Waals surface area contributed by atoms with E-state index in [0.29, 0.717) is 11.3 Å². The van der Waals surface area contributed by atoms with E-state index in [1.165, 1.54) is 0 Å². The van der Waals surface area contributed by atoms with Crippen molar-refractivity contribution in [3.8, 4) is 11.3 Å². The zero-order valence-electron chi connectivity index (χ0n) is 9.44. The Balaban J connectivity index is 2.29. The third-order valence-corrected chi connectivity index (χ3v) is 2.84. The molecule has 0 saturated carbocycles. The predicted molar refractivity (Wildman–Crippen MR) is 68.5 cm³/mol. The molecule has 3 N–H and O–H groups in total. The molecule has 0 radical (unpaired) electrons. The van der Waals surface area contributed by atoms with Crippen LogP contribution in [0.15, 0.2) is 36.4 Å². The van der Waals surface area contributed by atoms with Crippen LogP contribution in [0.3, 0.4) is 0 Å². The molecule has 4 heteroatoms. The van der Waals surface area contributed by atoms with E-state index in [0.717, 1.165) is 22.3 Å². The summed E-state index contributed by atoms with van der Waals surface area (Å²) in [5.41, 5.74) is 10.1. The lowest BCUT2D eigenvalue weighted by Gasteiger charge is -2.00. The lowest BCUT2D eigenvalue weighted by molar-refractivity contribution is 1.09. The molecule has 2 heterocycles. The SMILES string of the molecule is Cc1nc2n[nH]c(-c3ccccc3)c2cc1N. The maximum absolute atomic E-state index is 5.89. The van der Waals surface area contributed by atoms with Gasteiger partial charge >= 0.3 is 0 Å². The van der Waals surface area contributed by atoms with Gasteiger partial charge in [0.05, 0.1) is 17.1 Å². The van der Waals surface area contributed by atoms with Crippen LogP contribution in [0.4, 0.5) is 5.69 Å². The number of hydrogen-bond donors (Lipinski definition) is 2. The first-order valence-electron chi connectivity index (χ1n) is 5.42. The monoisotopic (exact) mass is 224 g/mol. The Hall–Kier alpha value is -2.36. The molecule has 84 valence electrons. The average molecular weight is 224 g/mol. The largest absolute Gasteiger partial charge is 0.397 e. The first-order chi connectivity index (χ1) is 8.25. The Kier molecular flexibility index (Phi) is 2.08. The molecule has 3 rings (SSSR count). The maximum Gasteiger partial charge on any atom is 0.181 e. The molecule has 0 aliphatic rings. The van der Waals surface area contributed by atoms with Gasteiger partial charge in [-0.1, -0.05) is 30.3 Å². The molecule has 4 nitrogen and oxygen atoms in total. The van der Waals surface area contributed by atoms with Gasteiger partial charge in [-0.2, -0.15) is 5.10 Å². The summed E-state index contributed by atoms with van der Waals surface area (Å²) in [4.78, 5) is 4.35. The van der Waals surface area contributed by atoms with Crippen LogP contribution in [0.1, 0.15) is 5.69 Å². The van der Waals surface area contributed by atoms with E-state index >= 15 is 0 Å². The number of aromatic nitrogens is 3. The van der Waals surface area contributed by atoms with E-state index in [2.05, 4.69) is 15.2 Å². The molecule has 0 bridgehead atoms. The van der Waals surface area contributed by atoms with Gasteiger partial charge in [-0.3, -0.25) is 5.10 Å². The fourth-order valence-corrected chi connectivity index (χ4v) is 1.87. The summed E-state index contributed by atoms with van der Waals surface area (Å²) in [6, 6.07) is 12.0. The normalized spacial score (nSPS) is 10.9. The highest BCUT2D eigenvalue weighted by atomic mass is 15.1. The highest BCUT2D eigenvalue weighted by molar-refractivity contribution is 5.92. The van der Waals surface area contributed by atoms with Crippen molar-refractivity contribution in [1.29, 1.82) is 0 Å². The molecule has 0 aliphatic carbocycles. The molecule has 0 fully saturated rings. The first kappa shape index (κ1) is 9.84. The number of pyridine rings is 1. The third kappa shape index (κ3) is 1.54. The lowest BCUT2D eigenvalue weighted by Crippen LogP contribution is -1.92. The van der Waals surface area contributed by atoms with Gasteiger partial charge in [0.15, 0.2) is 5.65 Å². The van der Waals surface area contributed by atoms with Crippen molar-refractivity contribution in [2.45, 2.75) is 6.92 Å². The van der Waals surface area contributed by atoms with Gasteiger partial charge in [-0.15, -0.1) is 0 Å². The van der Waals surface area contributed by atoms with Crippen molar-refractivity contribution in [1.82, 2.24) is 15.2 Å². The Morgan fingerprint density at radius 3 is 2.71 bits per heavy atom. The molecule has 0 saturated heterocycles. The fourth-order valence-electron chi connectivity index (χ4n) is 1.87. The van der Waals surface area contributed by atoms with Crippen molar-refractivity contribution in [2.75, 3.05) is 5.73 Å². The second-order valence-electron chi connectivity index (χ2n) is 4.00. The summed E-state index contributed by atoms with van der Waals surface area (Å²) in [7, 11) is 0. The van der Waals surface area contributed by atoms with Crippen molar-refractivity contribution in [2.24, 2.45) is 0 Å². The molecule has 1 aromatic carbocycles. The number of nitrogens with zero attached hydrogens (tertiary/aromatic N) is 2. The quantitative estimate of drug-likeness (QED) is 0.667. The van der Waals surface area contributed by atoms with Crippen molar-refractivity contribution in [3.05, 3.63) is 42.1 Å². The zero-order valence-corrected chi connectivity index (χ0v) is 9.44. The van der Waals surface area contributed by atoms with Crippen LogP contribution < -0.4 is 5.73 Å². The van der Waals surface area contributed by atoms with Gasteiger partial charge in [0, 0.05) is 10.9 Å². The van der Waals surface area contributed by atoms with Gasteiger partial charge in [-0.25, -0.2) is 4.98 Å². The highest BCUT2D eigenvalue weighted by Crippen LogP contribution is 2.27. The Labute approximate surface area is 98.5 Å². The average Bonchev–Trinajstić information content (AvgIpc) is 2.74. The van der Waals surface area contributed by atoms with Crippen LogP contribution >= 0.6 is 0 Å². The minimum atomic E-state index is 0.691. The zero-order chi connectivity index (χ0) is 11.8. The van der Waals surface area contributed by atoms with Crippen molar-refractivity contribution in [3.63, 3.8) is 0 Å². The van der Waals surface area contributed by atoms with Crippen LogP contribution in [0, 0.1) is 6.92 Å². The van der Waals surface area contributed by atoms with E-state index in [1.807, 2.05) is 43.3 Å². The lowest BCUT2D eigenvalue weighted by atomic mass is 10.1. The Bertz CT molecular complexity index is 670. The van der Waals surface area contributed by atoms with Crippen molar-refractivity contribution >= 4 is 16.7 Å². The minimum Gasteiger partial charge on any atom is -0.397 e. The number of H-pyrrole nitrogens is 1. The number of nitrogens with one attached hydrogen (secondary N) is 1. The van der Waals surface area contributed by atoms with Crippen LogP contribution in [-0.2, 0) is 0 Å². The fraction of sp³-hybridized carbons (Fsp3) is 0.0769. The Morgan fingerprint density at radius 1 is 1.18 bits per heavy atom. The third-order valence-electron chi connectivity index (χ3n) is 2.84. The Morgan fingerprint density at radius 2 is 1.94 bits per heavy atom. The molecule has 3 aromatic rings. The number of nitrogen functional groups attached to an aromatic ring is 1. The standard InChI is InChI=1S/C13H12N4/c1-8-11(14)7-10-12(16-17-13(10)15-8)9-5-3-2-4-6-9/h2-7H,14H2,1H3,(H,15,16,17). The molecular weight excluding hydrogens is 212 g/mol. The summed E-state index contributed by atoms with van der Waals surface area (Å²) in [6.07, 6.45) is 0. The number of benzene rings is 1. The van der Waals surface area contributed by atoms with E-state index < -0.39 is 0 Å². The van der Waals surface area contributed by atoms with Crippen molar-refractivity contribution < 1.29 is 0 Å². The molecular formula is C13H12N4. The van der Waals surface area contributed by atoms with Crippen LogP contribution in [0.25, 0.3) is 22.3 Å². The van der Waals surface area contributed by atoms with Crippen LogP contribution in [0.5, 0.6) is 0 Å². The van der Waals surface area contributed by atoms with Gasteiger partial charge in [0.2, 0.25) is 0 Å². The molecule has 2 aromatic heterocycles. The van der Waals surface area contributed by atoms with Gasteiger partial charge in [0.1, 0.15) is 0 Å². The first-order valence-corrected chi connectivity index (χ1v) is 5.42. The number of anilines is 1. The summed E-state index contributed by atoms with van der Waals surface area (Å²) >= 11 is 0. The van der Waals surface area contributed by atoms with Gasteiger partial charge in [-0.05, 0) is 13.0 Å². The number of nitrogens with two attached hydrogens (primary N) is 1. The molecule has 0 amide bonds. The number of rotatable bonds is 1. The van der Waals surface area contributed by atoms with Crippen LogP contribution in [-0.4, -0.2) is 15.2 Å². The van der Waals surface area contributed by atoms with Crippen LogP contribution in [0.2, 0.25) is 0 Å².